The number of rotatable bonds is 11. The maximum atomic E-state index is 12.1. The molecule has 2 rings (SSSR count). The number of amides is 3. The van der Waals surface area contributed by atoms with Crippen LogP contribution < -0.4 is 20.7 Å². The summed E-state index contributed by atoms with van der Waals surface area (Å²) in [5, 5.41) is 8.22. The first-order chi connectivity index (χ1) is 15.7. The molecule has 0 heterocycles. The number of nitrogens with one attached hydrogen (secondary N) is 3. The summed E-state index contributed by atoms with van der Waals surface area (Å²) in [7, 11) is 0. The summed E-state index contributed by atoms with van der Waals surface area (Å²) in [5.74, 6) is 0.498. The molecule has 178 valence electrons. The molecule has 2 aromatic rings. The lowest BCUT2D eigenvalue weighted by molar-refractivity contribution is -0.121. The summed E-state index contributed by atoms with van der Waals surface area (Å²) in [6.45, 7) is 6.33. The molecule has 8 nitrogen and oxygen atoms in total. The lowest BCUT2D eigenvalue weighted by Crippen LogP contribution is -2.34. The Morgan fingerprint density at radius 3 is 2.36 bits per heavy atom. The first-order valence-corrected chi connectivity index (χ1v) is 11.0. The van der Waals surface area contributed by atoms with E-state index >= 15 is 0 Å². The lowest BCUT2D eigenvalue weighted by Gasteiger charge is -2.19. The van der Waals surface area contributed by atoms with Crippen LogP contribution in [-0.2, 0) is 20.9 Å². The van der Waals surface area contributed by atoms with Crippen molar-refractivity contribution in [1.82, 2.24) is 10.6 Å². The first kappa shape index (κ1) is 25.7. The number of hydrogen-bond donors (Lipinski definition) is 3. The van der Waals surface area contributed by atoms with E-state index in [1.54, 1.807) is 32.9 Å². The van der Waals surface area contributed by atoms with Crippen molar-refractivity contribution in [2.45, 2.75) is 52.2 Å². The molecule has 0 bridgehead atoms. The maximum absolute atomic E-state index is 12.1. The zero-order valence-electron chi connectivity index (χ0n) is 19.5. The molecule has 0 aliphatic carbocycles. The largest absolute Gasteiger partial charge is 0.494 e. The molecule has 0 saturated heterocycles. The average molecular weight is 456 g/mol. The fraction of sp³-hybridized carbons (Fsp3) is 0.400. The quantitative estimate of drug-likeness (QED) is 0.444. The summed E-state index contributed by atoms with van der Waals surface area (Å²) >= 11 is 0. The van der Waals surface area contributed by atoms with E-state index in [4.69, 9.17) is 9.47 Å². The van der Waals surface area contributed by atoms with Crippen molar-refractivity contribution >= 4 is 23.6 Å². The second-order valence-corrected chi connectivity index (χ2v) is 8.47. The van der Waals surface area contributed by atoms with Crippen molar-refractivity contribution in [3.63, 3.8) is 0 Å². The number of alkyl carbamates (subject to hydrolysis) is 1. The standard InChI is InChI=1S/C25H33N3O5/c1-25(2,3)33-24(31)26-15-14-23(30)28-20-10-7-9-19(17-20)18-27-22(29)13-8-16-32-21-11-5-4-6-12-21/h4-7,9-12,17H,8,13-16,18H2,1-3H3,(H,26,31)(H,27,29)(H,28,30). The predicted molar refractivity (Wildman–Crippen MR) is 127 cm³/mol. The second kappa shape index (κ2) is 13.1. The van der Waals surface area contributed by atoms with E-state index in [-0.39, 0.29) is 24.8 Å². The molecule has 0 spiro atoms. The SMILES string of the molecule is CC(C)(C)OC(=O)NCCC(=O)Nc1cccc(CNC(=O)CCCOc2ccccc2)c1. The van der Waals surface area contributed by atoms with Crippen molar-refractivity contribution in [2.75, 3.05) is 18.5 Å². The first-order valence-electron chi connectivity index (χ1n) is 11.0. The van der Waals surface area contributed by atoms with Gasteiger partial charge in [-0.05, 0) is 57.0 Å². The van der Waals surface area contributed by atoms with Crippen LogP contribution in [0.3, 0.4) is 0 Å². The van der Waals surface area contributed by atoms with E-state index in [0.717, 1.165) is 11.3 Å². The molecule has 0 atom stereocenters. The number of ether oxygens (including phenoxy) is 2. The van der Waals surface area contributed by atoms with Gasteiger partial charge in [-0.3, -0.25) is 9.59 Å². The zero-order chi connectivity index (χ0) is 24.1. The fourth-order valence-corrected chi connectivity index (χ4v) is 2.80. The van der Waals surface area contributed by atoms with Gasteiger partial charge in [0, 0.05) is 31.6 Å². The predicted octanol–water partition coefficient (Wildman–Crippen LogP) is 4.02. The van der Waals surface area contributed by atoms with Gasteiger partial charge in [-0.15, -0.1) is 0 Å². The Morgan fingerprint density at radius 1 is 0.879 bits per heavy atom. The molecule has 2 aromatic carbocycles. The van der Waals surface area contributed by atoms with Gasteiger partial charge >= 0.3 is 6.09 Å². The van der Waals surface area contributed by atoms with Crippen LogP contribution in [0, 0.1) is 0 Å². The molecular weight excluding hydrogens is 422 g/mol. The molecule has 33 heavy (non-hydrogen) atoms. The van der Waals surface area contributed by atoms with Crippen LogP contribution in [0.1, 0.15) is 45.6 Å². The minimum atomic E-state index is -0.585. The molecule has 0 aliphatic rings. The van der Waals surface area contributed by atoms with Gasteiger partial charge in [-0.2, -0.15) is 0 Å². The van der Waals surface area contributed by atoms with Crippen LogP contribution in [0.15, 0.2) is 54.6 Å². The summed E-state index contributed by atoms with van der Waals surface area (Å²) in [6.07, 6.45) is 0.549. The molecule has 0 unspecified atom stereocenters. The van der Waals surface area contributed by atoms with Gasteiger partial charge in [0.25, 0.3) is 0 Å². The highest BCUT2D eigenvalue weighted by Gasteiger charge is 2.16. The summed E-state index contributed by atoms with van der Waals surface area (Å²) in [4.78, 5) is 35.8. The molecule has 0 saturated carbocycles. The van der Waals surface area contributed by atoms with Crippen LogP contribution in [0.2, 0.25) is 0 Å². The zero-order valence-corrected chi connectivity index (χ0v) is 19.5. The van der Waals surface area contributed by atoms with Crippen LogP contribution >= 0.6 is 0 Å². The smallest absolute Gasteiger partial charge is 0.407 e. The Labute approximate surface area is 195 Å². The van der Waals surface area contributed by atoms with E-state index in [1.165, 1.54) is 0 Å². The lowest BCUT2D eigenvalue weighted by atomic mass is 10.2. The molecule has 3 amide bonds. The second-order valence-electron chi connectivity index (χ2n) is 8.47. The van der Waals surface area contributed by atoms with E-state index in [2.05, 4.69) is 16.0 Å². The van der Waals surface area contributed by atoms with Gasteiger partial charge in [0.15, 0.2) is 0 Å². The minimum Gasteiger partial charge on any atom is -0.494 e. The molecule has 0 radical (unpaired) electrons. The van der Waals surface area contributed by atoms with Crippen LogP contribution in [-0.4, -0.2) is 36.7 Å². The highest BCUT2D eigenvalue weighted by atomic mass is 16.6. The third-order valence-corrected chi connectivity index (χ3v) is 4.28. The maximum Gasteiger partial charge on any atom is 0.407 e. The number of hydrogen-bond acceptors (Lipinski definition) is 5. The normalized spacial score (nSPS) is 10.8. The molecule has 0 aromatic heterocycles. The number of anilines is 1. The molecule has 3 N–H and O–H groups in total. The fourth-order valence-electron chi connectivity index (χ4n) is 2.80. The minimum absolute atomic E-state index is 0.0608. The number of carbonyl (C=O) groups excluding carboxylic acids is 3. The van der Waals surface area contributed by atoms with Crippen LogP contribution in [0.5, 0.6) is 5.75 Å². The van der Waals surface area contributed by atoms with Gasteiger partial charge < -0.3 is 25.4 Å². The Balaban J connectivity index is 1.65. The Hall–Kier alpha value is -3.55. The van der Waals surface area contributed by atoms with E-state index < -0.39 is 11.7 Å². The number of carbonyl (C=O) groups is 3. The summed E-state index contributed by atoms with van der Waals surface area (Å²) < 4.78 is 10.7. The van der Waals surface area contributed by atoms with Gasteiger partial charge in [-0.1, -0.05) is 30.3 Å². The van der Waals surface area contributed by atoms with E-state index in [9.17, 15) is 14.4 Å². The molecule has 0 fully saturated rings. The monoisotopic (exact) mass is 455 g/mol. The summed E-state index contributed by atoms with van der Waals surface area (Å²) in [5.41, 5.74) is 0.909. The Kier molecular flexibility index (Phi) is 10.2. The van der Waals surface area contributed by atoms with Gasteiger partial charge in [-0.25, -0.2) is 4.79 Å². The van der Waals surface area contributed by atoms with E-state index in [1.807, 2.05) is 42.5 Å². The molecule has 8 heteroatoms. The van der Waals surface area contributed by atoms with Crippen molar-refractivity contribution in [3.8, 4) is 5.75 Å². The topological polar surface area (TPSA) is 106 Å². The van der Waals surface area contributed by atoms with Gasteiger partial charge in [0.2, 0.25) is 11.8 Å². The van der Waals surface area contributed by atoms with Crippen LogP contribution in [0.25, 0.3) is 0 Å². The van der Waals surface area contributed by atoms with Crippen molar-refractivity contribution in [1.29, 1.82) is 0 Å². The van der Waals surface area contributed by atoms with Crippen molar-refractivity contribution in [3.05, 3.63) is 60.2 Å². The summed E-state index contributed by atoms with van der Waals surface area (Å²) in [6, 6.07) is 16.7. The van der Waals surface area contributed by atoms with Crippen LogP contribution in [0.4, 0.5) is 10.5 Å². The van der Waals surface area contributed by atoms with Crippen molar-refractivity contribution in [2.24, 2.45) is 0 Å². The highest BCUT2D eigenvalue weighted by Crippen LogP contribution is 2.12. The highest BCUT2D eigenvalue weighted by molar-refractivity contribution is 5.91. The molecule has 0 aliphatic heterocycles. The van der Waals surface area contributed by atoms with Gasteiger partial charge in [0.1, 0.15) is 11.4 Å². The van der Waals surface area contributed by atoms with E-state index in [0.29, 0.717) is 31.7 Å². The number of benzene rings is 2. The average Bonchev–Trinajstić information content (AvgIpc) is 2.75. The third-order valence-electron chi connectivity index (χ3n) is 4.28. The Bertz CT molecular complexity index is 910. The Morgan fingerprint density at radius 2 is 1.64 bits per heavy atom. The number of para-hydroxylation sites is 1. The van der Waals surface area contributed by atoms with Crippen molar-refractivity contribution < 1.29 is 23.9 Å². The van der Waals surface area contributed by atoms with Gasteiger partial charge in [0.05, 0.1) is 6.61 Å². The molecular formula is C25H33N3O5. The third kappa shape index (κ3) is 11.6.